The Hall–Kier alpha value is -1.84. The Morgan fingerprint density at radius 3 is 2.73 bits per heavy atom. The highest BCUT2D eigenvalue weighted by molar-refractivity contribution is 5.89. The number of esters is 1. The number of carbonyl (C=O) groups is 2. The molecule has 1 aliphatic carbocycles. The summed E-state index contributed by atoms with van der Waals surface area (Å²) < 4.78 is 4.82. The fourth-order valence-electron chi connectivity index (χ4n) is 3.13. The van der Waals surface area contributed by atoms with Crippen LogP contribution in [0.2, 0.25) is 0 Å². The summed E-state index contributed by atoms with van der Waals surface area (Å²) in [6.45, 7) is 4.05. The molecule has 0 spiro atoms. The summed E-state index contributed by atoms with van der Waals surface area (Å²) in [6, 6.07) is 7.52. The van der Waals surface area contributed by atoms with Gasteiger partial charge in [-0.05, 0) is 42.7 Å². The van der Waals surface area contributed by atoms with Gasteiger partial charge in [0.1, 0.15) is 6.04 Å². The van der Waals surface area contributed by atoms with Gasteiger partial charge in [-0.2, -0.15) is 0 Å². The van der Waals surface area contributed by atoms with E-state index in [9.17, 15) is 9.59 Å². The lowest BCUT2D eigenvalue weighted by atomic mass is 9.82. The van der Waals surface area contributed by atoms with Crippen LogP contribution in [0.5, 0.6) is 0 Å². The van der Waals surface area contributed by atoms with Crippen molar-refractivity contribution in [3.63, 3.8) is 0 Å². The van der Waals surface area contributed by atoms with Crippen LogP contribution < -0.4 is 5.32 Å². The van der Waals surface area contributed by atoms with Crippen LogP contribution in [0, 0.1) is 5.92 Å². The molecule has 1 amide bonds. The van der Waals surface area contributed by atoms with Gasteiger partial charge in [-0.25, -0.2) is 4.79 Å². The molecule has 1 aromatic rings. The highest BCUT2D eigenvalue weighted by Gasteiger charge is 2.30. The van der Waals surface area contributed by atoms with Crippen molar-refractivity contribution in [1.29, 1.82) is 0 Å². The van der Waals surface area contributed by atoms with Crippen molar-refractivity contribution in [2.24, 2.45) is 5.92 Å². The lowest BCUT2D eigenvalue weighted by Gasteiger charge is -2.27. The van der Waals surface area contributed by atoms with Crippen molar-refractivity contribution in [3.8, 4) is 0 Å². The second-order valence-electron chi connectivity index (χ2n) is 6.36. The Kier molecular flexibility index (Phi) is 5.58. The van der Waals surface area contributed by atoms with E-state index in [-0.39, 0.29) is 17.8 Å². The number of nitrogens with one attached hydrogen (secondary N) is 1. The first kappa shape index (κ1) is 16.5. The molecule has 0 fully saturated rings. The molecule has 1 aromatic carbocycles. The van der Waals surface area contributed by atoms with E-state index < -0.39 is 6.04 Å². The maximum absolute atomic E-state index is 12.7. The minimum atomic E-state index is -0.563. The van der Waals surface area contributed by atoms with Crippen LogP contribution >= 0.6 is 0 Å². The van der Waals surface area contributed by atoms with Gasteiger partial charge in [0, 0.05) is 0 Å². The van der Waals surface area contributed by atoms with E-state index in [1.54, 1.807) is 0 Å². The van der Waals surface area contributed by atoms with Gasteiger partial charge in [0.25, 0.3) is 0 Å². The van der Waals surface area contributed by atoms with Crippen molar-refractivity contribution in [3.05, 3.63) is 35.4 Å². The van der Waals surface area contributed by atoms with E-state index in [4.69, 9.17) is 4.74 Å². The molecule has 2 unspecified atom stereocenters. The SMILES string of the molecule is COC(=O)C(CC(C)C)NC(=O)C1CCCc2ccccc21. The molecule has 0 aromatic heterocycles. The Balaban J connectivity index is 2.12. The first-order valence-electron chi connectivity index (χ1n) is 7.99. The molecule has 1 aliphatic rings. The van der Waals surface area contributed by atoms with Gasteiger partial charge in [0.15, 0.2) is 0 Å². The quantitative estimate of drug-likeness (QED) is 0.851. The van der Waals surface area contributed by atoms with Gasteiger partial charge in [0.05, 0.1) is 13.0 Å². The monoisotopic (exact) mass is 303 g/mol. The predicted octanol–water partition coefficient (Wildman–Crippen LogP) is 2.81. The largest absolute Gasteiger partial charge is 0.467 e. The molecule has 4 heteroatoms. The Morgan fingerprint density at radius 2 is 2.05 bits per heavy atom. The molecular weight excluding hydrogens is 278 g/mol. The highest BCUT2D eigenvalue weighted by Crippen LogP contribution is 2.31. The Morgan fingerprint density at radius 1 is 1.32 bits per heavy atom. The molecule has 0 saturated carbocycles. The van der Waals surface area contributed by atoms with Crippen molar-refractivity contribution in [2.75, 3.05) is 7.11 Å². The molecular formula is C18H25NO3. The first-order chi connectivity index (χ1) is 10.5. The summed E-state index contributed by atoms with van der Waals surface area (Å²) in [7, 11) is 1.36. The maximum atomic E-state index is 12.7. The third-order valence-electron chi connectivity index (χ3n) is 4.20. The number of amides is 1. The first-order valence-corrected chi connectivity index (χ1v) is 7.99. The van der Waals surface area contributed by atoms with Crippen molar-refractivity contribution in [2.45, 2.75) is 51.5 Å². The summed E-state index contributed by atoms with van der Waals surface area (Å²) in [4.78, 5) is 24.5. The van der Waals surface area contributed by atoms with Crippen molar-refractivity contribution >= 4 is 11.9 Å². The molecule has 120 valence electrons. The molecule has 0 aliphatic heterocycles. The number of benzene rings is 1. The van der Waals surface area contributed by atoms with E-state index in [1.165, 1.54) is 12.7 Å². The molecule has 0 bridgehead atoms. The highest BCUT2D eigenvalue weighted by atomic mass is 16.5. The Bertz CT molecular complexity index is 539. The molecule has 2 atom stereocenters. The minimum absolute atomic E-state index is 0.0665. The van der Waals surface area contributed by atoms with Crippen LogP contribution in [0.3, 0.4) is 0 Å². The minimum Gasteiger partial charge on any atom is -0.467 e. The standard InChI is InChI=1S/C18H25NO3/c1-12(2)11-16(18(21)22-3)19-17(20)15-10-6-8-13-7-4-5-9-14(13)15/h4-5,7,9,12,15-16H,6,8,10-11H2,1-3H3,(H,19,20). The average molecular weight is 303 g/mol. The molecule has 4 nitrogen and oxygen atoms in total. The van der Waals surface area contributed by atoms with E-state index in [0.29, 0.717) is 12.3 Å². The van der Waals surface area contributed by atoms with E-state index >= 15 is 0 Å². The zero-order valence-corrected chi connectivity index (χ0v) is 13.6. The number of carbonyl (C=O) groups excluding carboxylic acids is 2. The fraction of sp³-hybridized carbons (Fsp3) is 0.556. The van der Waals surface area contributed by atoms with Crippen LogP contribution in [-0.2, 0) is 20.7 Å². The van der Waals surface area contributed by atoms with Gasteiger partial charge < -0.3 is 10.1 Å². The fourth-order valence-corrected chi connectivity index (χ4v) is 3.13. The molecule has 0 heterocycles. The van der Waals surface area contributed by atoms with Crippen molar-refractivity contribution < 1.29 is 14.3 Å². The van der Waals surface area contributed by atoms with Crippen LogP contribution in [-0.4, -0.2) is 25.0 Å². The lowest BCUT2D eigenvalue weighted by molar-refractivity contribution is -0.145. The summed E-state index contributed by atoms with van der Waals surface area (Å²) >= 11 is 0. The predicted molar refractivity (Wildman–Crippen MR) is 85.5 cm³/mol. The molecule has 2 rings (SSSR count). The van der Waals surface area contributed by atoms with Gasteiger partial charge in [-0.3, -0.25) is 4.79 Å². The number of hydrogen-bond acceptors (Lipinski definition) is 3. The summed E-state index contributed by atoms with van der Waals surface area (Å²) in [5, 5.41) is 2.90. The number of methoxy groups -OCH3 is 1. The topological polar surface area (TPSA) is 55.4 Å². The van der Waals surface area contributed by atoms with Crippen molar-refractivity contribution in [1.82, 2.24) is 5.32 Å². The van der Waals surface area contributed by atoms with E-state index in [2.05, 4.69) is 11.4 Å². The lowest BCUT2D eigenvalue weighted by Crippen LogP contribution is -2.44. The van der Waals surface area contributed by atoms with Gasteiger partial charge in [0.2, 0.25) is 5.91 Å². The second-order valence-corrected chi connectivity index (χ2v) is 6.36. The zero-order valence-electron chi connectivity index (χ0n) is 13.6. The summed E-state index contributed by atoms with van der Waals surface area (Å²) in [6.07, 6.45) is 3.44. The smallest absolute Gasteiger partial charge is 0.328 e. The van der Waals surface area contributed by atoms with Crippen LogP contribution in [0.4, 0.5) is 0 Å². The van der Waals surface area contributed by atoms with Gasteiger partial charge in [-0.1, -0.05) is 38.1 Å². The van der Waals surface area contributed by atoms with Crippen LogP contribution in [0.1, 0.15) is 50.2 Å². The molecule has 0 radical (unpaired) electrons. The zero-order chi connectivity index (χ0) is 16.1. The number of ether oxygens (including phenoxy) is 1. The summed E-state index contributed by atoms with van der Waals surface area (Å²) in [5.74, 6) is -0.290. The normalized spacial score (nSPS) is 18.5. The van der Waals surface area contributed by atoms with Gasteiger partial charge >= 0.3 is 5.97 Å². The van der Waals surface area contributed by atoms with E-state index in [1.807, 2.05) is 32.0 Å². The molecule has 22 heavy (non-hydrogen) atoms. The second kappa shape index (κ2) is 7.43. The third-order valence-corrected chi connectivity index (χ3v) is 4.20. The Labute approximate surface area is 132 Å². The van der Waals surface area contributed by atoms with Crippen LogP contribution in [0.15, 0.2) is 24.3 Å². The third kappa shape index (κ3) is 3.87. The molecule has 1 N–H and O–H groups in total. The number of hydrogen-bond donors (Lipinski definition) is 1. The number of rotatable bonds is 5. The number of fused-ring (bicyclic) bond motifs is 1. The average Bonchev–Trinajstić information content (AvgIpc) is 2.52. The molecule has 0 saturated heterocycles. The summed E-state index contributed by atoms with van der Waals surface area (Å²) in [5.41, 5.74) is 2.34. The van der Waals surface area contributed by atoms with E-state index in [0.717, 1.165) is 24.8 Å². The van der Waals surface area contributed by atoms with Crippen LogP contribution in [0.25, 0.3) is 0 Å². The van der Waals surface area contributed by atoms with Gasteiger partial charge in [-0.15, -0.1) is 0 Å². The maximum Gasteiger partial charge on any atom is 0.328 e. The number of aryl methyl sites for hydroxylation is 1.